The molecule has 0 aliphatic heterocycles. The Bertz CT molecular complexity index is 620. The molecule has 2 aromatic rings. The van der Waals surface area contributed by atoms with Crippen molar-refractivity contribution < 1.29 is 0 Å². The van der Waals surface area contributed by atoms with Gasteiger partial charge in [0, 0.05) is 15.9 Å². The fourth-order valence-corrected chi connectivity index (χ4v) is 3.43. The first-order chi connectivity index (χ1) is 10.1. The summed E-state index contributed by atoms with van der Waals surface area (Å²) >= 11 is 8.78. The average molecular weight is 431 g/mol. The number of aryl methyl sites for hydroxylation is 1. The second-order valence-corrected chi connectivity index (χ2v) is 7.32. The maximum absolute atomic E-state index is 4.61. The second-order valence-electron chi connectivity index (χ2n) is 4.56. The van der Waals surface area contributed by atoms with Gasteiger partial charge in [0.2, 0.25) is 0 Å². The van der Waals surface area contributed by atoms with E-state index in [2.05, 4.69) is 66.2 Å². The summed E-state index contributed by atoms with van der Waals surface area (Å²) in [6.07, 6.45) is 1.07. The smallest absolute Gasteiger partial charge is 0.144 e. The third-order valence-corrected chi connectivity index (χ3v) is 5.20. The second kappa shape index (κ2) is 8.15. The summed E-state index contributed by atoms with van der Waals surface area (Å²) in [6, 6.07) is 8.26. The van der Waals surface area contributed by atoms with Gasteiger partial charge in [0.05, 0.1) is 15.9 Å². The molecule has 3 nitrogen and oxygen atoms in total. The van der Waals surface area contributed by atoms with E-state index in [0.717, 1.165) is 45.0 Å². The fraction of sp³-hybridized carbons (Fsp3) is 0.333. The van der Waals surface area contributed by atoms with Crippen LogP contribution in [0, 0.1) is 6.92 Å². The molecule has 0 fully saturated rings. The SMILES string of the molecule is CCCNc1nc(CSc2cccc(Br)c2)nc(C)c1Br. The summed E-state index contributed by atoms with van der Waals surface area (Å²) in [6.45, 7) is 5.04. The van der Waals surface area contributed by atoms with E-state index in [-0.39, 0.29) is 0 Å². The van der Waals surface area contributed by atoms with Gasteiger partial charge in [-0.25, -0.2) is 9.97 Å². The van der Waals surface area contributed by atoms with Crippen molar-refractivity contribution in [2.24, 2.45) is 0 Å². The topological polar surface area (TPSA) is 37.8 Å². The largest absolute Gasteiger partial charge is 0.369 e. The van der Waals surface area contributed by atoms with Gasteiger partial charge in [-0.1, -0.05) is 28.9 Å². The van der Waals surface area contributed by atoms with Gasteiger partial charge in [0.25, 0.3) is 0 Å². The van der Waals surface area contributed by atoms with E-state index < -0.39 is 0 Å². The van der Waals surface area contributed by atoms with Crippen LogP contribution in [0.5, 0.6) is 0 Å². The highest BCUT2D eigenvalue weighted by atomic mass is 79.9. The quantitative estimate of drug-likeness (QED) is 0.620. The summed E-state index contributed by atoms with van der Waals surface area (Å²) in [4.78, 5) is 10.4. The molecule has 0 amide bonds. The van der Waals surface area contributed by atoms with Crippen LogP contribution in [-0.4, -0.2) is 16.5 Å². The Kier molecular flexibility index (Phi) is 6.51. The number of hydrogen-bond acceptors (Lipinski definition) is 4. The number of benzene rings is 1. The molecule has 21 heavy (non-hydrogen) atoms. The first kappa shape index (κ1) is 16.8. The van der Waals surface area contributed by atoms with E-state index >= 15 is 0 Å². The Morgan fingerprint density at radius 1 is 1.24 bits per heavy atom. The molecule has 0 spiro atoms. The predicted molar refractivity (Wildman–Crippen MR) is 97.0 cm³/mol. The minimum absolute atomic E-state index is 0.755. The van der Waals surface area contributed by atoms with Crippen molar-refractivity contribution >= 4 is 49.4 Å². The van der Waals surface area contributed by atoms with Crippen LogP contribution < -0.4 is 5.32 Å². The molecule has 6 heteroatoms. The summed E-state index contributed by atoms with van der Waals surface area (Å²) in [5.74, 6) is 2.49. The number of nitrogens with zero attached hydrogens (tertiary/aromatic N) is 2. The third kappa shape index (κ3) is 4.97. The van der Waals surface area contributed by atoms with Crippen LogP contribution >= 0.6 is 43.6 Å². The van der Waals surface area contributed by atoms with E-state index in [1.807, 2.05) is 19.1 Å². The number of nitrogens with one attached hydrogen (secondary N) is 1. The first-order valence-corrected chi connectivity index (χ1v) is 9.32. The van der Waals surface area contributed by atoms with Gasteiger partial charge in [0.15, 0.2) is 0 Å². The maximum Gasteiger partial charge on any atom is 0.144 e. The highest BCUT2D eigenvalue weighted by Gasteiger charge is 2.09. The molecule has 0 atom stereocenters. The molecule has 0 saturated carbocycles. The van der Waals surface area contributed by atoms with Gasteiger partial charge in [-0.05, 0) is 47.5 Å². The Hall–Kier alpha value is -0.590. The lowest BCUT2D eigenvalue weighted by Gasteiger charge is -2.10. The zero-order valence-corrected chi connectivity index (χ0v) is 16.0. The van der Waals surface area contributed by atoms with Crippen molar-refractivity contribution in [1.29, 1.82) is 0 Å². The van der Waals surface area contributed by atoms with Crippen molar-refractivity contribution in [3.05, 3.63) is 44.7 Å². The summed E-state index contributed by atoms with van der Waals surface area (Å²) in [5.41, 5.74) is 0.966. The van der Waals surface area contributed by atoms with Gasteiger partial charge in [-0.3, -0.25) is 0 Å². The van der Waals surface area contributed by atoms with Gasteiger partial charge >= 0.3 is 0 Å². The summed E-state index contributed by atoms with van der Waals surface area (Å²) in [5, 5.41) is 3.34. The number of rotatable bonds is 6. The van der Waals surface area contributed by atoms with Crippen LogP contribution in [0.4, 0.5) is 5.82 Å². The van der Waals surface area contributed by atoms with Gasteiger partial charge in [-0.15, -0.1) is 11.8 Å². The lowest BCUT2D eigenvalue weighted by molar-refractivity contribution is 0.934. The predicted octanol–water partition coefficient (Wildman–Crippen LogP) is 5.42. The van der Waals surface area contributed by atoms with Gasteiger partial charge in [-0.2, -0.15) is 0 Å². The van der Waals surface area contributed by atoms with E-state index in [1.165, 1.54) is 4.90 Å². The molecule has 1 aromatic carbocycles. The molecule has 0 saturated heterocycles. The van der Waals surface area contributed by atoms with Crippen LogP contribution in [-0.2, 0) is 5.75 Å². The highest BCUT2D eigenvalue weighted by molar-refractivity contribution is 9.11. The lowest BCUT2D eigenvalue weighted by atomic mass is 10.4. The molecule has 0 bridgehead atoms. The molecule has 0 radical (unpaired) electrons. The molecule has 1 heterocycles. The monoisotopic (exact) mass is 429 g/mol. The Balaban J connectivity index is 2.11. The van der Waals surface area contributed by atoms with Crippen LogP contribution in [0.3, 0.4) is 0 Å². The Labute approximate surface area is 146 Å². The number of thioether (sulfide) groups is 1. The first-order valence-electron chi connectivity index (χ1n) is 6.75. The number of aromatic nitrogens is 2. The van der Waals surface area contributed by atoms with E-state index in [4.69, 9.17) is 0 Å². The van der Waals surface area contributed by atoms with Crippen molar-refractivity contribution in [2.45, 2.75) is 30.9 Å². The Morgan fingerprint density at radius 3 is 2.76 bits per heavy atom. The van der Waals surface area contributed by atoms with Crippen molar-refractivity contribution in [3.8, 4) is 0 Å². The fourth-order valence-electron chi connectivity index (χ4n) is 1.75. The van der Waals surface area contributed by atoms with Crippen LogP contribution in [0.25, 0.3) is 0 Å². The number of halogens is 2. The molecule has 112 valence electrons. The minimum Gasteiger partial charge on any atom is -0.369 e. The van der Waals surface area contributed by atoms with Crippen LogP contribution in [0.1, 0.15) is 24.9 Å². The molecule has 0 aliphatic rings. The zero-order chi connectivity index (χ0) is 15.2. The van der Waals surface area contributed by atoms with Crippen molar-refractivity contribution in [2.75, 3.05) is 11.9 Å². The lowest BCUT2D eigenvalue weighted by Crippen LogP contribution is -2.07. The van der Waals surface area contributed by atoms with E-state index in [1.54, 1.807) is 11.8 Å². The van der Waals surface area contributed by atoms with E-state index in [9.17, 15) is 0 Å². The van der Waals surface area contributed by atoms with Crippen molar-refractivity contribution in [1.82, 2.24) is 9.97 Å². The summed E-state index contributed by atoms with van der Waals surface area (Å²) in [7, 11) is 0. The molecule has 2 rings (SSSR count). The number of anilines is 1. The van der Waals surface area contributed by atoms with Crippen molar-refractivity contribution in [3.63, 3.8) is 0 Å². The van der Waals surface area contributed by atoms with Gasteiger partial charge < -0.3 is 5.32 Å². The summed E-state index contributed by atoms with van der Waals surface area (Å²) < 4.78 is 2.04. The van der Waals surface area contributed by atoms with Crippen LogP contribution in [0.2, 0.25) is 0 Å². The van der Waals surface area contributed by atoms with Gasteiger partial charge in [0.1, 0.15) is 11.6 Å². The molecule has 1 N–H and O–H groups in total. The molecule has 0 aliphatic carbocycles. The normalized spacial score (nSPS) is 10.7. The third-order valence-electron chi connectivity index (χ3n) is 2.77. The maximum atomic E-state index is 4.61. The zero-order valence-electron chi connectivity index (χ0n) is 12.0. The molecule has 0 unspecified atom stereocenters. The highest BCUT2D eigenvalue weighted by Crippen LogP contribution is 2.27. The van der Waals surface area contributed by atoms with Crippen LogP contribution in [0.15, 0.2) is 38.1 Å². The average Bonchev–Trinajstić information content (AvgIpc) is 2.47. The molecular weight excluding hydrogens is 414 g/mol. The molecular formula is C15H17Br2N3S. The van der Waals surface area contributed by atoms with E-state index in [0.29, 0.717) is 0 Å². The standard InChI is InChI=1S/C15H17Br2N3S/c1-3-7-18-15-14(17)10(2)19-13(20-15)9-21-12-6-4-5-11(16)8-12/h4-6,8H,3,7,9H2,1-2H3,(H,18,19,20). The Morgan fingerprint density at radius 2 is 2.05 bits per heavy atom. The molecule has 1 aromatic heterocycles. The number of hydrogen-bond donors (Lipinski definition) is 1. The minimum atomic E-state index is 0.755.